The Morgan fingerprint density at radius 3 is 2.39 bits per heavy atom. The molecule has 148 valence electrons. The average molecular weight is 401 g/mol. The molecule has 1 heterocycles. The van der Waals surface area contributed by atoms with Gasteiger partial charge in [0.15, 0.2) is 17.3 Å². The van der Waals surface area contributed by atoms with Gasteiger partial charge in [0, 0.05) is 17.7 Å². The third-order valence-corrected chi connectivity index (χ3v) is 5.87. The first-order valence-electron chi connectivity index (χ1n) is 9.19. The van der Waals surface area contributed by atoms with Crippen LogP contribution in [0.15, 0.2) is 34.0 Å². The minimum atomic E-state index is -0.447. The monoisotopic (exact) mass is 400 g/mol. The van der Waals surface area contributed by atoms with Gasteiger partial charge in [-0.2, -0.15) is 5.26 Å². The van der Waals surface area contributed by atoms with Crippen LogP contribution in [-0.2, 0) is 4.79 Å². The van der Waals surface area contributed by atoms with E-state index in [1.807, 2.05) is 19.1 Å². The van der Waals surface area contributed by atoms with Crippen LogP contribution in [0, 0.1) is 11.3 Å². The SMILES string of the molecule is CCSC1=C(C#N)[C@H](c2cc(OC)c(OC)c(OC)c2)C2=C(CCCC2=O)N1. The molecule has 0 saturated heterocycles. The molecule has 0 radical (unpaired) electrons. The van der Waals surface area contributed by atoms with Crippen LogP contribution in [-0.4, -0.2) is 32.9 Å². The first-order chi connectivity index (χ1) is 13.6. The maximum absolute atomic E-state index is 12.8. The lowest BCUT2D eigenvalue weighted by atomic mass is 9.76. The number of hydrogen-bond acceptors (Lipinski definition) is 7. The Labute approximate surface area is 169 Å². The van der Waals surface area contributed by atoms with Gasteiger partial charge in [0.25, 0.3) is 0 Å². The number of ketones is 1. The fraction of sp³-hybridized carbons (Fsp3) is 0.429. The van der Waals surface area contributed by atoms with Crippen molar-refractivity contribution < 1.29 is 19.0 Å². The molecule has 0 bridgehead atoms. The number of dihydropyridines is 1. The largest absolute Gasteiger partial charge is 0.493 e. The number of hydrogen-bond donors (Lipinski definition) is 1. The van der Waals surface area contributed by atoms with Crippen molar-refractivity contribution in [3.8, 4) is 23.3 Å². The Bertz CT molecular complexity index is 873. The molecule has 0 saturated carbocycles. The Morgan fingerprint density at radius 1 is 1.18 bits per heavy atom. The molecule has 28 heavy (non-hydrogen) atoms. The lowest BCUT2D eigenvalue weighted by Crippen LogP contribution is -2.31. The summed E-state index contributed by atoms with van der Waals surface area (Å²) in [5.41, 5.74) is 2.93. The van der Waals surface area contributed by atoms with Crippen molar-refractivity contribution in [3.63, 3.8) is 0 Å². The maximum atomic E-state index is 12.8. The molecule has 7 heteroatoms. The Kier molecular flexibility index (Phi) is 6.20. The highest BCUT2D eigenvalue weighted by Crippen LogP contribution is 2.48. The summed E-state index contributed by atoms with van der Waals surface area (Å²) in [6, 6.07) is 6.00. The van der Waals surface area contributed by atoms with Gasteiger partial charge >= 0.3 is 0 Å². The number of methoxy groups -OCH3 is 3. The second kappa shape index (κ2) is 8.61. The zero-order valence-corrected chi connectivity index (χ0v) is 17.4. The molecule has 0 aromatic heterocycles. The molecule has 0 spiro atoms. The molecule has 1 aromatic carbocycles. The van der Waals surface area contributed by atoms with Crippen molar-refractivity contribution in [2.75, 3.05) is 27.1 Å². The molecule has 0 fully saturated rings. The summed E-state index contributed by atoms with van der Waals surface area (Å²) in [6.45, 7) is 2.04. The molecule has 1 N–H and O–H groups in total. The average Bonchev–Trinajstić information content (AvgIpc) is 2.72. The van der Waals surface area contributed by atoms with Gasteiger partial charge in [-0.05, 0) is 36.3 Å². The Balaban J connectivity index is 2.25. The number of Topliss-reactive ketones (excluding diaryl/α,β-unsaturated/α-hetero) is 1. The first-order valence-corrected chi connectivity index (χ1v) is 10.2. The summed E-state index contributed by atoms with van der Waals surface area (Å²) < 4.78 is 16.4. The van der Waals surface area contributed by atoms with E-state index in [0.29, 0.717) is 34.8 Å². The van der Waals surface area contributed by atoms with Crippen molar-refractivity contribution in [1.29, 1.82) is 5.26 Å². The molecule has 1 aliphatic heterocycles. The van der Waals surface area contributed by atoms with Crippen molar-refractivity contribution in [2.45, 2.75) is 32.1 Å². The van der Waals surface area contributed by atoms with E-state index in [0.717, 1.165) is 34.9 Å². The highest BCUT2D eigenvalue weighted by Gasteiger charge is 2.37. The summed E-state index contributed by atoms with van der Waals surface area (Å²) in [5.74, 6) is 1.95. The molecule has 2 aliphatic rings. The molecule has 6 nitrogen and oxygen atoms in total. The highest BCUT2D eigenvalue weighted by atomic mass is 32.2. The van der Waals surface area contributed by atoms with Gasteiger partial charge in [0.1, 0.15) is 0 Å². The van der Waals surface area contributed by atoms with Crippen LogP contribution in [0.4, 0.5) is 0 Å². The van der Waals surface area contributed by atoms with E-state index in [4.69, 9.17) is 14.2 Å². The van der Waals surface area contributed by atoms with Gasteiger partial charge in [-0.1, -0.05) is 6.92 Å². The minimum Gasteiger partial charge on any atom is -0.493 e. The number of benzene rings is 1. The molecule has 0 amide bonds. The number of rotatable bonds is 6. The van der Waals surface area contributed by atoms with Gasteiger partial charge in [-0.3, -0.25) is 4.79 Å². The van der Waals surface area contributed by atoms with Gasteiger partial charge in [-0.15, -0.1) is 11.8 Å². The van der Waals surface area contributed by atoms with E-state index in [-0.39, 0.29) is 5.78 Å². The fourth-order valence-corrected chi connectivity index (χ4v) is 4.59. The number of ether oxygens (including phenoxy) is 3. The molecule has 0 unspecified atom stereocenters. The summed E-state index contributed by atoms with van der Waals surface area (Å²) in [4.78, 5) is 12.8. The minimum absolute atomic E-state index is 0.0841. The van der Waals surface area contributed by atoms with Crippen LogP contribution in [0.5, 0.6) is 17.2 Å². The van der Waals surface area contributed by atoms with Crippen LogP contribution < -0.4 is 19.5 Å². The first kappa shape index (κ1) is 20.2. The molecular weight excluding hydrogens is 376 g/mol. The summed E-state index contributed by atoms with van der Waals surface area (Å²) >= 11 is 1.58. The molecule has 1 atom stereocenters. The zero-order valence-electron chi connectivity index (χ0n) is 16.5. The fourth-order valence-electron chi connectivity index (χ4n) is 3.78. The topological polar surface area (TPSA) is 80.6 Å². The highest BCUT2D eigenvalue weighted by molar-refractivity contribution is 8.03. The van der Waals surface area contributed by atoms with Crippen LogP contribution >= 0.6 is 11.8 Å². The van der Waals surface area contributed by atoms with E-state index in [1.54, 1.807) is 33.1 Å². The normalized spacial score (nSPS) is 19.0. The van der Waals surface area contributed by atoms with Gasteiger partial charge in [-0.25, -0.2) is 0 Å². The lowest BCUT2D eigenvalue weighted by molar-refractivity contribution is -0.116. The number of carbonyl (C=O) groups is 1. The standard InChI is InChI=1S/C21H24N2O4S/c1-5-28-21-13(11-22)18(19-14(23-21)7-6-8-15(19)24)12-9-16(25-2)20(27-4)17(10-12)26-3/h9-10,18,23H,5-8H2,1-4H3/t18-/m0/s1. The summed E-state index contributed by atoms with van der Waals surface area (Å²) in [7, 11) is 4.66. The number of nitrogens with zero attached hydrogens (tertiary/aromatic N) is 1. The van der Waals surface area contributed by atoms with E-state index in [1.165, 1.54) is 0 Å². The van der Waals surface area contributed by atoms with E-state index >= 15 is 0 Å². The number of nitriles is 1. The number of thioether (sulfide) groups is 1. The number of carbonyl (C=O) groups excluding carboxylic acids is 1. The zero-order chi connectivity index (χ0) is 20.3. The third kappa shape index (κ3) is 3.45. The molecular formula is C21H24N2O4S. The molecule has 1 aliphatic carbocycles. The maximum Gasteiger partial charge on any atom is 0.203 e. The van der Waals surface area contributed by atoms with Crippen LogP contribution in [0.1, 0.15) is 37.7 Å². The predicted octanol–water partition coefficient (Wildman–Crippen LogP) is 3.89. The van der Waals surface area contributed by atoms with Crippen LogP contribution in [0.3, 0.4) is 0 Å². The van der Waals surface area contributed by atoms with Crippen LogP contribution in [0.2, 0.25) is 0 Å². The quantitative estimate of drug-likeness (QED) is 0.776. The van der Waals surface area contributed by atoms with Crippen molar-refractivity contribution in [3.05, 3.63) is 39.6 Å². The second-order valence-corrected chi connectivity index (χ2v) is 7.75. The van der Waals surface area contributed by atoms with Crippen molar-refractivity contribution in [1.82, 2.24) is 5.32 Å². The second-order valence-electron chi connectivity index (χ2n) is 6.47. The van der Waals surface area contributed by atoms with Crippen molar-refractivity contribution in [2.24, 2.45) is 0 Å². The number of allylic oxidation sites excluding steroid dienone is 3. The third-order valence-electron chi connectivity index (χ3n) is 4.97. The summed E-state index contributed by atoms with van der Waals surface area (Å²) in [6.07, 6.45) is 2.11. The van der Waals surface area contributed by atoms with Crippen molar-refractivity contribution >= 4 is 17.5 Å². The number of nitrogens with one attached hydrogen (secondary N) is 1. The predicted molar refractivity (Wildman–Crippen MR) is 109 cm³/mol. The van der Waals surface area contributed by atoms with E-state index in [9.17, 15) is 10.1 Å². The van der Waals surface area contributed by atoms with E-state index < -0.39 is 5.92 Å². The van der Waals surface area contributed by atoms with Gasteiger partial charge in [0.2, 0.25) is 5.75 Å². The van der Waals surface area contributed by atoms with E-state index in [2.05, 4.69) is 11.4 Å². The lowest BCUT2D eigenvalue weighted by Gasteiger charge is -2.33. The Morgan fingerprint density at radius 2 is 1.86 bits per heavy atom. The molecule has 3 rings (SSSR count). The smallest absolute Gasteiger partial charge is 0.203 e. The van der Waals surface area contributed by atoms with Crippen LogP contribution in [0.25, 0.3) is 0 Å². The summed E-state index contributed by atoms with van der Waals surface area (Å²) in [5, 5.41) is 14.1. The Hall–Kier alpha value is -2.59. The molecule has 1 aromatic rings. The van der Waals surface area contributed by atoms with Gasteiger partial charge < -0.3 is 19.5 Å². The van der Waals surface area contributed by atoms with Gasteiger partial charge in [0.05, 0.1) is 43.9 Å².